The van der Waals surface area contributed by atoms with Crippen LogP contribution in [0.25, 0.3) is 0 Å². The minimum absolute atomic E-state index is 0.184. The van der Waals surface area contributed by atoms with Gasteiger partial charge in [0.05, 0.1) is 4.92 Å². The summed E-state index contributed by atoms with van der Waals surface area (Å²) in [5.41, 5.74) is 1.49. The number of nitrogens with zero attached hydrogens (tertiary/aromatic N) is 2. The van der Waals surface area contributed by atoms with Crippen molar-refractivity contribution in [3.8, 4) is 0 Å². The lowest BCUT2D eigenvalue weighted by atomic mass is 10.2. The molecule has 0 aliphatic carbocycles. The Bertz CT molecular complexity index is 434. The molecule has 0 radical (unpaired) electrons. The van der Waals surface area contributed by atoms with Crippen LogP contribution in [0.15, 0.2) is 18.2 Å². The van der Waals surface area contributed by atoms with Crippen molar-refractivity contribution in [2.75, 3.05) is 23.8 Å². The van der Waals surface area contributed by atoms with E-state index in [1.54, 1.807) is 13.1 Å². The first kappa shape index (κ1) is 11.7. The first-order valence-electron chi connectivity index (χ1n) is 5.87. The van der Waals surface area contributed by atoms with Crippen LogP contribution in [0.2, 0.25) is 0 Å². The summed E-state index contributed by atoms with van der Waals surface area (Å²) >= 11 is 0. The van der Waals surface area contributed by atoms with E-state index in [0.717, 1.165) is 25.1 Å². The van der Waals surface area contributed by atoms with Crippen LogP contribution in [-0.2, 0) is 0 Å². The number of nitro groups is 1. The van der Waals surface area contributed by atoms with Gasteiger partial charge in [-0.05, 0) is 31.9 Å². The van der Waals surface area contributed by atoms with Gasteiger partial charge in [0.1, 0.15) is 11.4 Å². The predicted octanol–water partition coefficient (Wildman–Crippen LogP) is 2.63. The standard InChI is InChI=1S/C12H17N3O2/c1-9-5-4-8-14(9)11-7-3-6-10(13-2)12(11)15(16)17/h3,6-7,9,13H,4-5,8H2,1-2H3. The van der Waals surface area contributed by atoms with Gasteiger partial charge in [-0.25, -0.2) is 0 Å². The summed E-state index contributed by atoms with van der Waals surface area (Å²) in [6.07, 6.45) is 2.20. The van der Waals surface area contributed by atoms with E-state index >= 15 is 0 Å². The average Bonchev–Trinajstić information content (AvgIpc) is 2.74. The lowest BCUT2D eigenvalue weighted by Gasteiger charge is -2.24. The molecule has 0 amide bonds. The molecule has 0 spiro atoms. The number of anilines is 2. The van der Waals surface area contributed by atoms with Crippen LogP contribution in [0.5, 0.6) is 0 Å². The topological polar surface area (TPSA) is 58.4 Å². The Morgan fingerprint density at radius 3 is 2.82 bits per heavy atom. The van der Waals surface area contributed by atoms with E-state index in [1.165, 1.54) is 0 Å². The van der Waals surface area contributed by atoms with Crippen LogP contribution in [0.4, 0.5) is 17.1 Å². The first-order valence-corrected chi connectivity index (χ1v) is 5.87. The summed E-state index contributed by atoms with van der Waals surface area (Å²) in [6, 6.07) is 5.81. The molecule has 2 rings (SSSR count). The molecule has 5 nitrogen and oxygen atoms in total. The number of nitrogens with one attached hydrogen (secondary N) is 1. The number of para-hydroxylation sites is 1. The highest BCUT2D eigenvalue weighted by atomic mass is 16.6. The molecule has 1 heterocycles. The largest absolute Gasteiger partial charge is 0.382 e. The molecular weight excluding hydrogens is 218 g/mol. The molecule has 1 unspecified atom stereocenters. The highest BCUT2D eigenvalue weighted by Crippen LogP contribution is 2.38. The summed E-state index contributed by atoms with van der Waals surface area (Å²) in [6.45, 7) is 3.01. The second-order valence-electron chi connectivity index (χ2n) is 4.37. The maximum atomic E-state index is 11.2. The number of nitro benzene ring substituents is 1. The summed E-state index contributed by atoms with van der Waals surface area (Å²) in [4.78, 5) is 13.0. The maximum Gasteiger partial charge on any atom is 0.315 e. The highest BCUT2D eigenvalue weighted by molar-refractivity contribution is 5.77. The van der Waals surface area contributed by atoms with Crippen molar-refractivity contribution in [1.82, 2.24) is 0 Å². The Labute approximate surface area is 101 Å². The number of rotatable bonds is 3. The second kappa shape index (κ2) is 4.61. The molecule has 1 atom stereocenters. The lowest BCUT2D eigenvalue weighted by molar-refractivity contribution is -0.383. The van der Waals surface area contributed by atoms with Crippen LogP contribution in [0, 0.1) is 10.1 Å². The molecule has 1 fully saturated rings. The fourth-order valence-electron chi connectivity index (χ4n) is 2.45. The van der Waals surface area contributed by atoms with E-state index < -0.39 is 0 Å². The third-order valence-electron chi connectivity index (χ3n) is 3.33. The minimum Gasteiger partial charge on any atom is -0.382 e. The molecule has 0 aromatic heterocycles. The Kier molecular flexibility index (Phi) is 3.17. The van der Waals surface area contributed by atoms with Crippen LogP contribution in [0.1, 0.15) is 19.8 Å². The molecule has 0 saturated carbocycles. The van der Waals surface area contributed by atoms with Gasteiger partial charge < -0.3 is 10.2 Å². The molecule has 1 aromatic rings. The molecule has 5 heteroatoms. The van der Waals surface area contributed by atoms with Gasteiger partial charge in [-0.1, -0.05) is 6.07 Å². The minimum atomic E-state index is -0.299. The molecule has 0 bridgehead atoms. The SMILES string of the molecule is CNc1cccc(N2CCCC2C)c1[N+](=O)[O-]. The smallest absolute Gasteiger partial charge is 0.315 e. The number of hydrogen-bond acceptors (Lipinski definition) is 4. The number of hydrogen-bond donors (Lipinski definition) is 1. The van der Waals surface area contributed by atoms with Gasteiger partial charge in [0.2, 0.25) is 0 Å². The fourth-order valence-corrected chi connectivity index (χ4v) is 2.45. The molecule has 1 aliphatic rings. The molecule has 1 aromatic carbocycles. The van der Waals surface area contributed by atoms with Gasteiger partial charge in [-0.2, -0.15) is 0 Å². The number of benzene rings is 1. The summed E-state index contributed by atoms with van der Waals surface area (Å²) in [5.74, 6) is 0. The Balaban J connectivity index is 2.49. The van der Waals surface area contributed by atoms with Gasteiger partial charge in [-0.3, -0.25) is 10.1 Å². The van der Waals surface area contributed by atoms with Crippen molar-refractivity contribution in [3.05, 3.63) is 28.3 Å². The van der Waals surface area contributed by atoms with E-state index in [1.807, 2.05) is 12.1 Å². The van der Waals surface area contributed by atoms with Crippen LogP contribution < -0.4 is 10.2 Å². The van der Waals surface area contributed by atoms with Crippen LogP contribution in [0.3, 0.4) is 0 Å². The zero-order chi connectivity index (χ0) is 12.4. The van der Waals surface area contributed by atoms with Crippen LogP contribution in [-0.4, -0.2) is 24.6 Å². The zero-order valence-corrected chi connectivity index (χ0v) is 10.1. The molecular formula is C12H17N3O2. The van der Waals surface area contributed by atoms with E-state index in [-0.39, 0.29) is 10.6 Å². The average molecular weight is 235 g/mol. The van der Waals surface area contributed by atoms with Gasteiger partial charge in [0.15, 0.2) is 0 Å². The molecule has 1 N–H and O–H groups in total. The van der Waals surface area contributed by atoms with Crippen molar-refractivity contribution in [1.29, 1.82) is 0 Å². The quantitative estimate of drug-likeness (QED) is 0.646. The third-order valence-corrected chi connectivity index (χ3v) is 3.33. The summed E-state index contributed by atoms with van der Waals surface area (Å²) < 4.78 is 0. The third kappa shape index (κ3) is 2.05. The van der Waals surface area contributed by atoms with Gasteiger partial charge >= 0.3 is 5.69 Å². The van der Waals surface area contributed by atoms with E-state index in [0.29, 0.717) is 11.7 Å². The molecule has 92 valence electrons. The van der Waals surface area contributed by atoms with Crippen molar-refractivity contribution in [2.45, 2.75) is 25.8 Å². The van der Waals surface area contributed by atoms with Crippen molar-refractivity contribution >= 4 is 17.1 Å². The molecule has 17 heavy (non-hydrogen) atoms. The molecule has 1 aliphatic heterocycles. The van der Waals surface area contributed by atoms with Crippen molar-refractivity contribution < 1.29 is 4.92 Å². The highest BCUT2D eigenvalue weighted by Gasteiger charge is 2.28. The predicted molar refractivity (Wildman–Crippen MR) is 68.7 cm³/mol. The first-order chi connectivity index (χ1) is 8.15. The summed E-state index contributed by atoms with van der Waals surface area (Å²) in [7, 11) is 1.71. The van der Waals surface area contributed by atoms with E-state index in [9.17, 15) is 10.1 Å². The van der Waals surface area contributed by atoms with Gasteiger partial charge in [0, 0.05) is 19.6 Å². The maximum absolute atomic E-state index is 11.2. The Morgan fingerprint density at radius 1 is 1.53 bits per heavy atom. The van der Waals surface area contributed by atoms with Gasteiger partial charge in [0.25, 0.3) is 0 Å². The Hall–Kier alpha value is -1.78. The van der Waals surface area contributed by atoms with Gasteiger partial charge in [-0.15, -0.1) is 0 Å². The normalized spacial score (nSPS) is 19.4. The van der Waals surface area contributed by atoms with Crippen LogP contribution >= 0.6 is 0 Å². The van der Waals surface area contributed by atoms with E-state index in [4.69, 9.17) is 0 Å². The molecule has 1 saturated heterocycles. The second-order valence-corrected chi connectivity index (χ2v) is 4.37. The lowest BCUT2D eigenvalue weighted by Crippen LogP contribution is -2.27. The fraction of sp³-hybridized carbons (Fsp3) is 0.500. The van der Waals surface area contributed by atoms with Crippen molar-refractivity contribution in [2.24, 2.45) is 0 Å². The van der Waals surface area contributed by atoms with Crippen molar-refractivity contribution in [3.63, 3.8) is 0 Å². The monoisotopic (exact) mass is 235 g/mol. The zero-order valence-electron chi connectivity index (χ0n) is 10.1. The summed E-state index contributed by atoms with van der Waals surface area (Å²) in [5, 5.41) is 14.1. The van der Waals surface area contributed by atoms with E-state index in [2.05, 4.69) is 17.1 Å². The Morgan fingerprint density at radius 2 is 2.29 bits per heavy atom.